The minimum Gasteiger partial charge on any atom is -0.385 e. The van der Waals surface area contributed by atoms with Gasteiger partial charge >= 0.3 is 5.69 Å². The van der Waals surface area contributed by atoms with Crippen LogP contribution in [0.25, 0.3) is 0 Å². The zero-order chi connectivity index (χ0) is 18.9. The van der Waals surface area contributed by atoms with Crippen molar-refractivity contribution in [3.05, 3.63) is 64.8 Å². The number of hydrogen-bond donors (Lipinski definition) is 1. The van der Waals surface area contributed by atoms with Gasteiger partial charge in [0.2, 0.25) is 5.91 Å². The first-order valence-corrected chi connectivity index (χ1v) is 9.68. The van der Waals surface area contributed by atoms with E-state index in [4.69, 9.17) is 0 Å². The van der Waals surface area contributed by atoms with Crippen LogP contribution in [-0.4, -0.2) is 38.1 Å². The molecule has 2 fully saturated rings. The summed E-state index contributed by atoms with van der Waals surface area (Å²) in [6.45, 7) is 0.500. The fraction of sp³-hybridized carbons (Fsp3) is 0.476. The Kier molecular flexibility index (Phi) is 4.83. The lowest BCUT2D eigenvalue weighted by Gasteiger charge is -2.52. The first-order valence-electron chi connectivity index (χ1n) is 9.68. The quantitative estimate of drug-likeness (QED) is 0.899. The van der Waals surface area contributed by atoms with Gasteiger partial charge in [-0.2, -0.15) is 0 Å². The van der Waals surface area contributed by atoms with Gasteiger partial charge in [0.25, 0.3) is 0 Å². The van der Waals surface area contributed by atoms with Crippen molar-refractivity contribution in [3.8, 4) is 0 Å². The van der Waals surface area contributed by atoms with Crippen molar-refractivity contribution in [2.24, 2.45) is 5.92 Å². The summed E-state index contributed by atoms with van der Waals surface area (Å²) in [5, 5.41) is 11.6. The van der Waals surface area contributed by atoms with Gasteiger partial charge < -0.3 is 10.0 Å². The molecule has 2 aliphatic rings. The highest BCUT2D eigenvalue weighted by Gasteiger charge is 2.50. The third-order valence-electron chi connectivity index (χ3n) is 6.16. The molecule has 1 aliphatic heterocycles. The summed E-state index contributed by atoms with van der Waals surface area (Å²) in [7, 11) is 0. The normalized spacial score (nSPS) is 27.8. The Balaban J connectivity index is 1.59. The minimum atomic E-state index is -0.895. The van der Waals surface area contributed by atoms with Crippen LogP contribution in [0.3, 0.4) is 0 Å². The van der Waals surface area contributed by atoms with Gasteiger partial charge in [-0.05, 0) is 30.9 Å². The molecule has 4 rings (SSSR count). The fourth-order valence-corrected chi connectivity index (χ4v) is 4.82. The molecule has 0 bridgehead atoms. The number of likely N-dealkylation sites (tertiary alicyclic amines) is 1. The van der Waals surface area contributed by atoms with Gasteiger partial charge in [-0.1, -0.05) is 43.2 Å². The fourth-order valence-electron chi connectivity index (χ4n) is 4.82. The first kappa shape index (κ1) is 17.9. The van der Waals surface area contributed by atoms with E-state index in [1.807, 2.05) is 35.2 Å². The molecule has 0 unspecified atom stereocenters. The topological polar surface area (TPSA) is 75.4 Å². The highest BCUT2D eigenvalue weighted by atomic mass is 16.3. The van der Waals surface area contributed by atoms with Crippen LogP contribution >= 0.6 is 0 Å². The van der Waals surface area contributed by atoms with Crippen molar-refractivity contribution < 1.29 is 9.90 Å². The van der Waals surface area contributed by atoms with Crippen molar-refractivity contribution in [1.82, 2.24) is 14.5 Å². The molecule has 27 heavy (non-hydrogen) atoms. The lowest BCUT2D eigenvalue weighted by atomic mass is 9.66. The molecule has 6 heteroatoms. The third kappa shape index (κ3) is 3.30. The van der Waals surface area contributed by atoms with Crippen LogP contribution in [0.1, 0.15) is 37.7 Å². The summed E-state index contributed by atoms with van der Waals surface area (Å²) in [5.74, 6) is -0.0471. The number of benzene rings is 1. The molecule has 0 spiro atoms. The van der Waals surface area contributed by atoms with E-state index in [2.05, 4.69) is 4.98 Å². The number of carbonyl (C=O) groups excluding carboxylic acids is 1. The van der Waals surface area contributed by atoms with Crippen LogP contribution in [0, 0.1) is 5.92 Å². The summed E-state index contributed by atoms with van der Waals surface area (Å²) in [6, 6.07) is 11.5. The molecule has 3 atom stereocenters. The molecule has 1 aliphatic carbocycles. The van der Waals surface area contributed by atoms with E-state index < -0.39 is 11.3 Å². The zero-order valence-electron chi connectivity index (χ0n) is 15.3. The Morgan fingerprint density at radius 3 is 2.74 bits per heavy atom. The van der Waals surface area contributed by atoms with Gasteiger partial charge in [0, 0.05) is 30.9 Å². The van der Waals surface area contributed by atoms with Crippen molar-refractivity contribution in [3.63, 3.8) is 0 Å². The van der Waals surface area contributed by atoms with Crippen molar-refractivity contribution in [2.45, 2.75) is 50.3 Å². The van der Waals surface area contributed by atoms with Crippen LogP contribution in [-0.2, 0) is 16.9 Å². The second-order valence-electron chi connectivity index (χ2n) is 7.62. The van der Waals surface area contributed by atoms with Gasteiger partial charge in [0.15, 0.2) is 0 Å². The number of nitrogens with zero attached hydrogens (tertiary/aromatic N) is 3. The number of piperidine rings is 1. The SMILES string of the molecule is O=C(Cn1cccnc1=O)N1CC[C@](O)(c2ccccc2)[C@@H]2CCCC[C@H]21. The Morgan fingerprint density at radius 2 is 1.96 bits per heavy atom. The summed E-state index contributed by atoms with van der Waals surface area (Å²) in [4.78, 5) is 30.4. The van der Waals surface area contributed by atoms with Crippen LogP contribution in [0.5, 0.6) is 0 Å². The number of aliphatic hydroxyl groups is 1. The average molecular weight is 367 g/mol. The van der Waals surface area contributed by atoms with Crippen molar-refractivity contribution in [1.29, 1.82) is 0 Å². The predicted octanol–water partition coefficient (Wildman–Crippen LogP) is 1.92. The lowest BCUT2D eigenvalue weighted by molar-refractivity contribution is -0.155. The molecule has 1 aromatic carbocycles. The summed E-state index contributed by atoms with van der Waals surface area (Å²) >= 11 is 0. The summed E-state index contributed by atoms with van der Waals surface area (Å²) in [6.07, 6.45) is 7.48. The van der Waals surface area contributed by atoms with Crippen molar-refractivity contribution >= 4 is 5.91 Å². The molecular weight excluding hydrogens is 342 g/mol. The molecule has 1 aromatic heterocycles. The summed E-state index contributed by atoms with van der Waals surface area (Å²) in [5.41, 5.74) is -0.366. The Morgan fingerprint density at radius 1 is 1.19 bits per heavy atom. The maximum atomic E-state index is 13.0. The number of aromatic nitrogens is 2. The van der Waals surface area contributed by atoms with Crippen LogP contribution < -0.4 is 5.69 Å². The monoisotopic (exact) mass is 367 g/mol. The standard InChI is InChI=1S/C21H25N3O3/c25-19(15-23-13-6-12-22-20(23)26)24-14-11-21(27,16-7-2-1-3-8-16)17-9-4-5-10-18(17)24/h1-3,6-8,12-13,17-18,27H,4-5,9-11,14-15H2/t17-,18-,21+/m1/s1. The van der Waals surface area contributed by atoms with Crippen LogP contribution in [0.15, 0.2) is 53.6 Å². The molecule has 142 valence electrons. The van der Waals surface area contributed by atoms with Gasteiger partial charge in [0.05, 0.1) is 5.60 Å². The van der Waals surface area contributed by atoms with E-state index in [1.54, 1.807) is 12.3 Å². The smallest absolute Gasteiger partial charge is 0.347 e. The average Bonchev–Trinajstić information content (AvgIpc) is 2.71. The Labute approximate surface area is 158 Å². The Bertz CT molecular complexity index is 866. The lowest BCUT2D eigenvalue weighted by Crippen LogP contribution is -2.59. The van der Waals surface area contributed by atoms with E-state index in [0.717, 1.165) is 31.2 Å². The number of amides is 1. The molecule has 1 N–H and O–H groups in total. The molecule has 2 heterocycles. The van der Waals surface area contributed by atoms with Crippen LogP contribution in [0.4, 0.5) is 0 Å². The first-order chi connectivity index (χ1) is 13.1. The highest BCUT2D eigenvalue weighted by molar-refractivity contribution is 5.76. The molecule has 1 saturated heterocycles. The van der Waals surface area contributed by atoms with Crippen LogP contribution in [0.2, 0.25) is 0 Å². The van der Waals surface area contributed by atoms with E-state index in [-0.39, 0.29) is 24.4 Å². The van der Waals surface area contributed by atoms with E-state index in [1.165, 1.54) is 10.8 Å². The zero-order valence-corrected chi connectivity index (χ0v) is 15.3. The van der Waals surface area contributed by atoms with Gasteiger partial charge in [-0.15, -0.1) is 0 Å². The number of hydrogen-bond acceptors (Lipinski definition) is 4. The maximum Gasteiger partial charge on any atom is 0.347 e. The third-order valence-corrected chi connectivity index (χ3v) is 6.16. The van der Waals surface area contributed by atoms with Gasteiger partial charge in [-0.3, -0.25) is 9.36 Å². The molecular formula is C21H25N3O3. The summed E-state index contributed by atoms with van der Waals surface area (Å²) < 4.78 is 1.35. The van der Waals surface area contributed by atoms with Gasteiger partial charge in [0.1, 0.15) is 6.54 Å². The molecule has 2 aromatic rings. The largest absolute Gasteiger partial charge is 0.385 e. The maximum absolute atomic E-state index is 13.0. The molecule has 6 nitrogen and oxygen atoms in total. The van der Waals surface area contributed by atoms with E-state index in [9.17, 15) is 14.7 Å². The predicted molar refractivity (Wildman–Crippen MR) is 101 cm³/mol. The number of rotatable bonds is 3. The number of fused-ring (bicyclic) bond motifs is 1. The molecule has 1 saturated carbocycles. The number of carbonyl (C=O) groups is 1. The van der Waals surface area contributed by atoms with E-state index >= 15 is 0 Å². The van der Waals surface area contributed by atoms with Crippen molar-refractivity contribution in [2.75, 3.05) is 6.54 Å². The second-order valence-corrected chi connectivity index (χ2v) is 7.62. The second kappa shape index (κ2) is 7.27. The molecule has 1 amide bonds. The van der Waals surface area contributed by atoms with Gasteiger partial charge in [-0.25, -0.2) is 9.78 Å². The Hall–Kier alpha value is -2.47. The van der Waals surface area contributed by atoms with E-state index in [0.29, 0.717) is 13.0 Å². The molecule has 0 radical (unpaired) electrons. The minimum absolute atomic E-state index is 0.000338. The highest BCUT2D eigenvalue weighted by Crippen LogP contribution is 2.46.